The van der Waals surface area contributed by atoms with Crippen molar-refractivity contribution in [1.29, 1.82) is 0 Å². The van der Waals surface area contributed by atoms with Crippen LogP contribution in [-0.2, 0) is 5.54 Å². The molecule has 17 heavy (non-hydrogen) atoms. The molecular formula is C11H13N3O2S. The molecule has 1 aromatic rings. The number of nitrogens with zero attached hydrogens (tertiary/aromatic N) is 2. The maximum absolute atomic E-state index is 11.5. The summed E-state index contributed by atoms with van der Waals surface area (Å²) in [7, 11) is 0. The van der Waals surface area contributed by atoms with Crippen LogP contribution in [0.1, 0.15) is 25.3 Å². The first-order valence-electron chi connectivity index (χ1n) is 5.42. The number of thiocarbonyl (C=S) groups is 1. The Kier molecular flexibility index (Phi) is 3.06. The number of nitro groups is 1. The van der Waals surface area contributed by atoms with Gasteiger partial charge in [0.15, 0.2) is 0 Å². The summed E-state index contributed by atoms with van der Waals surface area (Å²) in [6, 6.07) is 3.09. The van der Waals surface area contributed by atoms with E-state index in [-0.39, 0.29) is 11.0 Å². The molecule has 6 heteroatoms. The van der Waals surface area contributed by atoms with E-state index in [4.69, 9.17) is 12.2 Å². The van der Waals surface area contributed by atoms with Crippen molar-refractivity contribution in [3.05, 3.63) is 40.2 Å². The molecule has 1 aliphatic heterocycles. The van der Waals surface area contributed by atoms with Gasteiger partial charge in [0.1, 0.15) is 0 Å². The van der Waals surface area contributed by atoms with Crippen molar-refractivity contribution in [2.24, 2.45) is 0 Å². The minimum absolute atomic E-state index is 0.207. The van der Waals surface area contributed by atoms with E-state index in [1.54, 1.807) is 31.5 Å². The van der Waals surface area contributed by atoms with Crippen molar-refractivity contribution in [3.63, 3.8) is 0 Å². The highest BCUT2D eigenvalue weighted by Crippen LogP contribution is 2.36. The Bertz CT molecular complexity index is 451. The van der Waals surface area contributed by atoms with Gasteiger partial charge in [-0.3, -0.25) is 15.1 Å². The summed E-state index contributed by atoms with van der Waals surface area (Å²) in [6.07, 6.45) is 4.14. The lowest BCUT2D eigenvalue weighted by atomic mass is 9.78. The number of hydrogen-bond acceptors (Lipinski definition) is 4. The minimum atomic E-state index is -1.11. The Balaban J connectivity index is 2.47. The molecule has 0 aliphatic carbocycles. The maximum Gasteiger partial charge on any atom is 0.267 e. The minimum Gasteiger partial charge on any atom is -0.370 e. The molecule has 0 aromatic carbocycles. The molecule has 0 spiro atoms. The smallest absolute Gasteiger partial charge is 0.267 e. The molecule has 0 saturated carbocycles. The average Bonchev–Trinajstić information content (AvgIpc) is 2.30. The van der Waals surface area contributed by atoms with Gasteiger partial charge in [0.2, 0.25) is 0 Å². The van der Waals surface area contributed by atoms with E-state index in [2.05, 4.69) is 10.3 Å². The topological polar surface area (TPSA) is 68.1 Å². The van der Waals surface area contributed by atoms with Gasteiger partial charge in [-0.15, -0.1) is 0 Å². The first-order chi connectivity index (χ1) is 8.07. The third-order valence-electron chi connectivity index (χ3n) is 3.33. The zero-order valence-electron chi connectivity index (χ0n) is 9.42. The molecule has 0 amide bonds. The first kappa shape index (κ1) is 11.9. The van der Waals surface area contributed by atoms with E-state index in [0.717, 1.165) is 0 Å². The van der Waals surface area contributed by atoms with Crippen LogP contribution in [0.3, 0.4) is 0 Å². The Morgan fingerprint density at radius 3 is 2.76 bits per heavy atom. The zero-order valence-corrected chi connectivity index (χ0v) is 10.2. The van der Waals surface area contributed by atoms with E-state index >= 15 is 0 Å². The molecule has 1 aromatic heterocycles. The van der Waals surface area contributed by atoms with Gasteiger partial charge < -0.3 is 5.32 Å². The predicted octanol–water partition coefficient (Wildman–Crippen LogP) is 1.65. The molecule has 1 aliphatic rings. The number of rotatable bonds is 2. The number of piperidine rings is 1. The fourth-order valence-electron chi connectivity index (χ4n) is 2.34. The van der Waals surface area contributed by atoms with Gasteiger partial charge in [-0.1, -0.05) is 12.2 Å². The van der Waals surface area contributed by atoms with Gasteiger partial charge >= 0.3 is 0 Å². The quantitative estimate of drug-likeness (QED) is 0.492. The monoisotopic (exact) mass is 251 g/mol. The lowest BCUT2D eigenvalue weighted by molar-refractivity contribution is -0.586. The van der Waals surface area contributed by atoms with Crippen molar-refractivity contribution in [1.82, 2.24) is 10.3 Å². The summed E-state index contributed by atoms with van der Waals surface area (Å²) >= 11 is 5.08. The molecule has 2 unspecified atom stereocenters. The Hall–Kier alpha value is -1.56. The van der Waals surface area contributed by atoms with Gasteiger partial charge in [0, 0.05) is 35.7 Å². The molecule has 90 valence electrons. The highest BCUT2D eigenvalue weighted by atomic mass is 32.1. The normalized spacial score (nSPS) is 28.5. The van der Waals surface area contributed by atoms with E-state index in [1.165, 1.54) is 0 Å². The van der Waals surface area contributed by atoms with Crippen LogP contribution in [-0.4, -0.2) is 20.9 Å². The second-order valence-corrected chi connectivity index (χ2v) is 4.70. The van der Waals surface area contributed by atoms with Crippen LogP contribution in [0.15, 0.2) is 24.5 Å². The maximum atomic E-state index is 11.5. The van der Waals surface area contributed by atoms with Gasteiger partial charge in [0.25, 0.3) is 5.54 Å². The Labute approximate surface area is 104 Å². The number of hydrogen-bond donors (Lipinski definition) is 1. The van der Waals surface area contributed by atoms with Crippen LogP contribution >= 0.6 is 12.2 Å². The van der Waals surface area contributed by atoms with Gasteiger partial charge in [0.05, 0.1) is 11.0 Å². The fraction of sp³-hybridized carbons (Fsp3) is 0.455. The van der Waals surface area contributed by atoms with Crippen molar-refractivity contribution in [2.75, 3.05) is 0 Å². The standard InChI is InChI=1S/C11H13N3O2S/c1-8-11(14(15)16,5-2-10(17)13-8)9-3-6-12-7-4-9/h3-4,6-8H,2,5H2,1H3,(H,13,17). The summed E-state index contributed by atoms with van der Waals surface area (Å²) in [6.45, 7) is 1.80. The van der Waals surface area contributed by atoms with E-state index in [0.29, 0.717) is 23.4 Å². The lowest BCUT2D eigenvalue weighted by Crippen LogP contribution is -2.57. The molecule has 1 fully saturated rings. The molecule has 0 bridgehead atoms. The molecule has 1 saturated heterocycles. The van der Waals surface area contributed by atoms with Crippen molar-refractivity contribution in [2.45, 2.75) is 31.3 Å². The highest BCUT2D eigenvalue weighted by Gasteiger charge is 2.52. The van der Waals surface area contributed by atoms with Gasteiger partial charge in [-0.25, -0.2) is 0 Å². The number of pyridine rings is 1. The third kappa shape index (κ3) is 1.88. The molecule has 0 radical (unpaired) electrons. The van der Waals surface area contributed by atoms with E-state index in [1.807, 2.05) is 0 Å². The Morgan fingerprint density at radius 1 is 1.59 bits per heavy atom. The fourth-order valence-corrected chi connectivity index (χ4v) is 2.62. The van der Waals surface area contributed by atoms with Crippen LogP contribution < -0.4 is 5.32 Å². The summed E-state index contributed by atoms with van der Waals surface area (Å²) in [5.41, 5.74) is -0.425. The summed E-state index contributed by atoms with van der Waals surface area (Å²) in [5, 5.41) is 14.5. The van der Waals surface area contributed by atoms with Gasteiger partial charge in [-0.05, 0) is 19.1 Å². The Morgan fingerprint density at radius 2 is 2.24 bits per heavy atom. The number of nitrogens with one attached hydrogen (secondary N) is 1. The molecule has 2 rings (SSSR count). The first-order valence-corrected chi connectivity index (χ1v) is 5.82. The molecular weight excluding hydrogens is 238 g/mol. The number of aromatic nitrogens is 1. The van der Waals surface area contributed by atoms with E-state index < -0.39 is 5.54 Å². The van der Waals surface area contributed by atoms with E-state index in [9.17, 15) is 10.1 Å². The molecule has 2 atom stereocenters. The predicted molar refractivity (Wildman–Crippen MR) is 67.3 cm³/mol. The SMILES string of the molecule is CC1NC(=S)CCC1(c1ccncc1)[N+](=O)[O-]. The summed E-state index contributed by atoms with van der Waals surface area (Å²) in [5.74, 6) is 0. The van der Waals surface area contributed by atoms with Crippen molar-refractivity contribution < 1.29 is 4.92 Å². The van der Waals surface area contributed by atoms with Crippen LogP contribution in [0, 0.1) is 10.1 Å². The molecule has 1 N–H and O–H groups in total. The van der Waals surface area contributed by atoms with Crippen LogP contribution in [0.5, 0.6) is 0 Å². The molecule has 2 heterocycles. The third-order valence-corrected chi connectivity index (χ3v) is 3.66. The van der Waals surface area contributed by atoms with Crippen LogP contribution in [0.2, 0.25) is 0 Å². The van der Waals surface area contributed by atoms with Crippen LogP contribution in [0.4, 0.5) is 0 Å². The molecule has 5 nitrogen and oxygen atoms in total. The largest absolute Gasteiger partial charge is 0.370 e. The van der Waals surface area contributed by atoms with Crippen LogP contribution in [0.25, 0.3) is 0 Å². The highest BCUT2D eigenvalue weighted by molar-refractivity contribution is 7.80. The summed E-state index contributed by atoms with van der Waals surface area (Å²) < 4.78 is 0. The lowest BCUT2D eigenvalue weighted by Gasteiger charge is -2.36. The summed E-state index contributed by atoms with van der Waals surface area (Å²) in [4.78, 5) is 15.9. The second kappa shape index (κ2) is 4.37. The average molecular weight is 251 g/mol. The van der Waals surface area contributed by atoms with Crippen molar-refractivity contribution >= 4 is 17.2 Å². The second-order valence-electron chi connectivity index (χ2n) is 4.21. The zero-order chi connectivity index (χ0) is 12.5. The van der Waals surface area contributed by atoms with Crippen molar-refractivity contribution in [3.8, 4) is 0 Å². The van der Waals surface area contributed by atoms with Gasteiger partial charge in [-0.2, -0.15) is 0 Å².